The summed E-state index contributed by atoms with van der Waals surface area (Å²) in [5.74, 6) is 0.813. The van der Waals surface area contributed by atoms with E-state index in [0.29, 0.717) is 11.7 Å². The van der Waals surface area contributed by atoms with Crippen LogP contribution in [0.4, 0.5) is 11.4 Å². The molecule has 28 heavy (non-hydrogen) atoms. The number of hydrogen-bond acceptors (Lipinski definition) is 5. The lowest BCUT2D eigenvalue weighted by molar-refractivity contribution is 0.102. The molecule has 148 valence electrons. The number of benzene rings is 2. The van der Waals surface area contributed by atoms with Crippen molar-refractivity contribution in [3.8, 4) is 0 Å². The van der Waals surface area contributed by atoms with Crippen LogP contribution in [0.3, 0.4) is 0 Å². The van der Waals surface area contributed by atoms with Gasteiger partial charge in [0.1, 0.15) is 0 Å². The van der Waals surface area contributed by atoms with Gasteiger partial charge >= 0.3 is 0 Å². The first kappa shape index (κ1) is 19.3. The van der Waals surface area contributed by atoms with Crippen molar-refractivity contribution in [2.45, 2.75) is 23.8 Å². The summed E-state index contributed by atoms with van der Waals surface area (Å²) >= 11 is 1.70. The minimum atomic E-state index is -0.0745. The van der Waals surface area contributed by atoms with Crippen molar-refractivity contribution < 1.29 is 14.3 Å². The zero-order valence-corrected chi connectivity index (χ0v) is 16.7. The SMILES string of the molecule is O=C(Nc1ccc(N2CCOCC2)cc1)c1ccccc1SCC1CCCO1. The maximum atomic E-state index is 12.8. The lowest BCUT2D eigenvalue weighted by Gasteiger charge is -2.28. The third kappa shape index (κ3) is 4.87. The van der Waals surface area contributed by atoms with Crippen molar-refractivity contribution in [3.63, 3.8) is 0 Å². The second kappa shape index (κ2) is 9.45. The van der Waals surface area contributed by atoms with E-state index in [1.165, 1.54) is 0 Å². The van der Waals surface area contributed by atoms with Crippen molar-refractivity contribution in [1.29, 1.82) is 0 Å². The molecule has 2 aromatic carbocycles. The Morgan fingerprint density at radius 3 is 2.61 bits per heavy atom. The van der Waals surface area contributed by atoms with Gasteiger partial charge in [0, 0.05) is 41.7 Å². The Morgan fingerprint density at radius 2 is 1.86 bits per heavy atom. The lowest BCUT2D eigenvalue weighted by atomic mass is 10.2. The molecule has 0 bridgehead atoms. The number of ether oxygens (including phenoxy) is 2. The zero-order chi connectivity index (χ0) is 19.2. The molecule has 5 nitrogen and oxygen atoms in total. The Hall–Kier alpha value is -2.02. The molecule has 2 saturated heterocycles. The van der Waals surface area contributed by atoms with Crippen LogP contribution in [0, 0.1) is 0 Å². The summed E-state index contributed by atoms with van der Waals surface area (Å²) in [6.45, 7) is 4.19. The van der Waals surface area contributed by atoms with Gasteiger partial charge in [-0.25, -0.2) is 0 Å². The van der Waals surface area contributed by atoms with Gasteiger partial charge in [-0.05, 0) is 49.2 Å². The third-order valence-corrected chi connectivity index (χ3v) is 6.29. The Balaban J connectivity index is 1.39. The van der Waals surface area contributed by atoms with Gasteiger partial charge in [0.25, 0.3) is 5.91 Å². The number of morpholine rings is 1. The summed E-state index contributed by atoms with van der Waals surface area (Å²) < 4.78 is 11.1. The largest absolute Gasteiger partial charge is 0.378 e. The van der Waals surface area contributed by atoms with Crippen LogP contribution < -0.4 is 10.2 Å². The number of nitrogens with one attached hydrogen (secondary N) is 1. The zero-order valence-electron chi connectivity index (χ0n) is 15.9. The number of anilines is 2. The molecule has 2 aromatic rings. The average Bonchev–Trinajstić information content (AvgIpc) is 3.27. The van der Waals surface area contributed by atoms with Crippen LogP contribution in [0.15, 0.2) is 53.4 Å². The van der Waals surface area contributed by atoms with Gasteiger partial charge in [0.2, 0.25) is 0 Å². The molecule has 0 aliphatic carbocycles. The molecule has 2 fully saturated rings. The summed E-state index contributed by atoms with van der Waals surface area (Å²) in [7, 11) is 0. The van der Waals surface area contributed by atoms with Gasteiger partial charge in [0.05, 0.1) is 24.9 Å². The smallest absolute Gasteiger partial charge is 0.256 e. The molecular formula is C22H26N2O3S. The molecule has 2 aliphatic rings. The number of hydrogen-bond donors (Lipinski definition) is 1. The highest BCUT2D eigenvalue weighted by Gasteiger charge is 2.18. The van der Waals surface area contributed by atoms with Crippen molar-refractivity contribution in [2.75, 3.05) is 48.9 Å². The fourth-order valence-corrected chi connectivity index (χ4v) is 4.63. The maximum absolute atomic E-state index is 12.8. The normalized spacial score (nSPS) is 19.6. The minimum absolute atomic E-state index is 0.0745. The van der Waals surface area contributed by atoms with Crippen LogP contribution in [0.25, 0.3) is 0 Å². The summed E-state index contributed by atoms with van der Waals surface area (Å²) in [5.41, 5.74) is 2.68. The Bertz CT molecular complexity index is 785. The van der Waals surface area contributed by atoms with Crippen LogP contribution in [0.1, 0.15) is 23.2 Å². The number of amides is 1. The van der Waals surface area contributed by atoms with Crippen LogP contribution in [0.2, 0.25) is 0 Å². The molecule has 6 heteroatoms. The van der Waals surface area contributed by atoms with Gasteiger partial charge < -0.3 is 19.7 Å². The molecular weight excluding hydrogens is 372 g/mol. The first-order valence-corrected chi connectivity index (χ1v) is 10.9. The van der Waals surface area contributed by atoms with Gasteiger partial charge in [0.15, 0.2) is 0 Å². The first-order chi connectivity index (χ1) is 13.8. The molecule has 0 saturated carbocycles. The number of carbonyl (C=O) groups excluding carboxylic acids is 1. The Kier molecular flexibility index (Phi) is 6.52. The van der Waals surface area contributed by atoms with E-state index >= 15 is 0 Å². The standard InChI is InChI=1S/C22H26N2O3S/c25-22(20-5-1-2-6-21(20)28-16-19-4-3-13-27-19)23-17-7-9-18(10-8-17)24-11-14-26-15-12-24/h1-2,5-10,19H,3-4,11-16H2,(H,23,25). The highest BCUT2D eigenvalue weighted by molar-refractivity contribution is 7.99. The molecule has 1 amide bonds. The van der Waals surface area contributed by atoms with E-state index in [9.17, 15) is 4.79 Å². The number of thioether (sulfide) groups is 1. The Labute approximate surface area is 170 Å². The molecule has 0 spiro atoms. The first-order valence-electron chi connectivity index (χ1n) is 9.87. The van der Waals surface area contributed by atoms with E-state index < -0.39 is 0 Å². The second-order valence-corrected chi connectivity index (χ2v) is 8.10. The van der Waals surface area contributed by atoms with Gasteiger partial charge in [-0.2, -0.15) is 0 Å². The molecule has 0 aromatic heterocycles. The number of rotatable bonds is 6. The highest BCUT2D eigenvalue weighted by Crippen LogP contribution is 2.27. The lowest BCUT2D eigenvalue weighted by Crippen LogP contribution is -2.36. The van der Waals surface area contributed by atoms with Gasteiger partial charge in [-0.3, -0.25) is 4.79 Å². The molecule has 2 aliphatic heterocycles. The van der Waals surface area contributed by atoms with E-state index in [-0.39, 0.29) is 5.91 Å². The second-order valence-electron chi connectivity index (χ2n) is 7.04. The van der Waals surface area contributed by atoms with Crippen molar-refractivity contribution in [1.82, 2.24) is 0 Å². The molecule has 1 atom stereocenters. The highest BCUT2D eigenvalue weighted by atomic mass is 32.2. The minimum Gasteiger partial charge on any atom is -0.378 e. The van der Waals surface area contributed by atoms with E-state index in [0.717, 1.165) is 67.8 Å². The topological polar surface area (TPSA) is 50.8 Å². The molecule has 2 heterocycles. The van der Waals surface area contributed by atoms with E-state index in [4.69, 9.17) is 9.47 Å². The van der Waals surface area contributed by atoms with E-state index in [1.807, 2.05) is 36.4 Å². The fraction of sp³-hybridized carbons (Fsp3) is 0.409. The van der Waals surface area contributed by atoms with Crippen LogP contribution in [-0.2, 0) is 9.47 Å². The third-order valence-electron chi connectivity index (χ3n) is 5.08. The van der Waals surface area contributed by atoms with E-state index in [2.05, 4.69) is 22.3 Å². The van der Waals surface area contributed by atoms with Crippen LogP contribution in [0.5, 0.6) is 0 Å². The number of carbonyl (C=O) groups is 1. The predicted octanol–water partition coefficient (Wildman–Crippen LogP) is 4.05. The molecule has 0 radical (unpaired) electrons. The van der Waals surface area contributed by atoms with E-state index in [1.54, 1.807) is 11.8 Å². The predicted molar refractivity (Wildman–Crippen MR) is 114 cm³/mol. The Morgan fingerprint density at radius 1 is 1.07 bits per heavy atom. The van der Waals surface area contributed by atoms with Gasteiger partial charge in [-0.15, -0.1) is 11.8 Å². The van der Waals surface area contributed by atoms with Gasteiger partial charge in [-0.1, -0.05) is 12.1 Å². The summed E-state index contributed by atoms with van der Waals surface area (Å²) in [6.07, 6.45) is 2.54. The van der Waals surface area contributed by atoms with Crippen molar-refractivity contribution in [2.24, 2.45) is 0 Å². The summed E-state index contributed by atoms with van der Waals surface area (Å²) in [6, 6.07) is 15.8. The number of nitrogens with zero attached hydrogens (tertiary/aromatic N) is 1. The summed E-state index contributed by atoms with van der Waals surface area (Å²) in [4.78, 5) is 16.1. The molecule has 4 rings (SSSR count). The van der Waals surface area contributed by atoms with Crippen LogP contribution >= 0.6 is 11.8 Å². The molecule has 1 unspecified atom stereocenters. The monoisotopic (exact) mass is 398 g/mol. The maximum Gasteiger partial charge on any atom is 0.256 e. The summed E-state index contributed by atoms with van der Waals surface area (Å²) in [5, 5.41) is 3.03. The molecule has 1 N–H and O–H groups in total. The van der Waals surface area contributed by atoms with Crippen molar-refractivity contribution in [3.05, 3.63) is 54.1 Å². The van der Waals surface area contributed by atoms with Crippen molar-refractivity contribution >= 4 is 29.0 Å². The fourth-order valence-electron chi connectivity index (χ4n) is 3.51. The quantitative estimate of drug-likeness (QED) is 0.744. The average molecular weight is 399 g/mol. The van der Waals surface area contributed by atoms with Crippen LogP contribution in [-0.4, -0.2) is 50.7 Å².